The van der Waals surface area contributed by atoms with E-state index in [0.717, 1.165) is 19.4 Å². The molecule has 2 aliphatic heterocycles. The molecule has 2 fully saturated rings. The molecule has 2 unspecified atom stereocenters. The van der Waals surface area contributed by atoms with Gasteiger partial charge < -0.3 is 5.11 Å². The topological polar surface area (TPSA) is 23.5 Å². The van der Waals surface area contributed by atoms with Gasteiger partial charge in [0.25, 0.3) is 0 Å². The van der Waals surface area contributed by atoms with E-state index >= 15 is 0 Å². The van der Waals surface area contributed by atoms with Crippen molar-refractivity contribution in [3.63, 3.8) is 0 Å². The van der Waals surface area contributed by atoms with E-state index in [0.29, 0.717) is 12.1 Å². The summed E-state index contributed by atoms with van der Waals surface area (Å²) >= 11 is 1.85. The van der Waals surface area contributed by atoms with Crippen LogP contribution >= 0.6 is 11.3 Å². The van der Waals surface area contributed by atoms with Gasteiger partial charge in [0.1, 0.15) is 0 Å². The first kappa shape index (κ1) is 11.9. The van der Waals surface area contributed by atoms with Gasteiger partial charge in [-0.2, -0.15) is 0 Å². The second-order valence-corrected chi connectivity index (χ2v) is 6.85. The summed E-state index contributed by atoms with van der Waals surface area (Å²) in [7, 11) is 0. The van der Waals surface area contributed by atoms with Crippen LogP contribution in [0.1, 0.15) is 31.2 Å². The Morgan fingerprint density at radius 1 is 1.16 bits per heavy atom. The van der Waals surface area contributed by atoms with E-state index in [1.54, 1.807) is 0 Å². The van der Waals surface area contributed by atoms with Gasteiger partial charge in [0, 0.05) is 23.3 Å². The normalized spacial score (nSPS) is 31.1. The average molecular weight is 273 g/mol. The zero-order chi connectivity index (χ0) is 12.8. The molecule has 0 spiro atoms. The van der Waals surface area contributed by atoms with Crippen LogP contribution in [0.15, 0.2) is 29.6 Å². The Morgan fingerprint density at radius 2 is 1.89 bits per heavy atom. The number of aliphatic hydroxyl groups is 1. The monoisotopic (exact) mass is 273 g/mol. The Labute approximate surface area is 117 Å². The zero-order valence-corrected chi connectivity index (χ0v) is 11.8. The molecule has 2 nitrogen and oxygen atoms in total. The van der Waals surface area contributed by atoms with Crippen molar-refractivity contribution in [2.45, 2.75) is 50.4 Å². The molecule has 0 amide bonds. The molecule has 100 valence electrons. The largest absolute Gasteiger partial charge is 0.393 e. The van der Waals surface area contributed by atoms with Crippen molar-refractivity contribution < 1.29 is 5.11 Å². The first-order valence-electron chi connectivity index (χ1n) is 7.20. The lowest BCUT2D eigenvalue weighted by Crippen LogP contribution is -2.43. The lowest BCUT2D eigenvalue weighted by Gasteiger charge is -2.37. The van der Waals surface area contributed by atoms with Crippen LogP contribution in [0.25, 0.3) is 10.1 Å². The van der Waals surface area contributed by atoms with Crippen molar-refractivity contribution in [3.05, 3.63) is 35.2 Å². The summed E-state index contributed by atoms with van der Waals surface area (Å²) in [6.45, 7) is 1.06. The van der Waals surface area contributed by atoms with Crippen molar-refractivity contribution >= 4 is 21.4 Å². The molecule has 3 heterocycles. The number of thiophene rings is 1. The molecule has 19 heavy (non-hydrogen) atoms. The van der Waals surface area contributed by atoms with Gasteiger partial charge in [0.15, 0.2) is 0 Å². The third-order valence-electron chi connectivity index (χ3n) is 4.77. The Kier molecular flexibility index (Phi) is 2.87. The maximum absolute atomic E-state index is 9.88. The number of nitrogens with zero attached hydrogens (tertiary/aromatic N) is 1. The molecular weight excluding hydrogens is 254 g/mol. The average Bonchev–Trinajstić information content (AvgIpc) is 2.92. The first-order valence-corrected chi connectivity index (χ1v) is 8.08. The van der Waals surface area contributed by atoms with E-state index in [9.17, 15) is 5.11 Å². The molecule has 0 radical (unpaired) electrons. The molecule has 2 bridgehead atoms. The SMILES string of the molecule is OC1CC2CCC(C1)N2Cc1csc2ccccc12. The van der Waals surface area contributed by atoms with Gasteiger partial charge in [0.2, 0.25) is 0 Å². The Bertz CT molecular complexity index is 579. The molecular formula is C16H19NOS. The molecule has 3 heteroatoms. The summed E-state index contributed by atoms with van der Waals surface area (Å²) in [5.74, 6) is 0. The molecule has 4 rings (SSSR count). The van der Waals surface area contributed by atoms with Crippen molar-refractivity contribution in [2.24, 2.45) is 0 Å². The highest BCUT2D eigenvalue weighted by molar-refractivity contribution is 7.17. The number of aliphatic hydroxyl groups excluding tert-OH is 1. The fourth-order valence-electron chi connectivity index (χ4n) is 3.86. The van der Waals surface area contributed by atoms with Gasteiger partial charge in [-0.15, -0.1) is 11.3 Å². The molecule has 0 saturated carbocycles. The summed E-state index contributed by atoms with van der Waals surface area (Å²) < 4.78 is 1.39. The Balaban J connectivity index is 1.62. The minimum atomic E-state index is -0.0621. The lowest BCUT2D eigenvalue weighted by molar-refractivity contribution is 0.0313. The second-order valence-electron chi connectivity index (χ2n) is 5.94. The number of hydrogen-bond donors (Lipinski definition) is 1. The Hall–Kier alpha value is -0.900. The summed E-state index contributed by atoms with van der Waals surface area (Å²) in [6.07, 6.45) is 4.41. The van der Waals surface area contributed by atoms with Gasteiger partial charge >= 0.3 is 0 Å². The van der Waals surface area contributed by atoms with E-state index in [2.05, 4.69) is 34.5 Å². The fourth-order valence-corrected chi connectivity index (χ4v) is 4.81. The van der Waals surface area contributed by atoms with Crippen LogP contribution in [0.3, 0.4) is 0 Å². The van der Waals surface area contributed by atoms with Crippen LogP contribution < -0.4 is 0 Å². The summed E-state index contributed by atoms with van der Waals surface area (Å²) in [6, 6.07) is 9.90. The van der Waals surface area contributed by atoms with Gasteiger partial charge in [-0.25, -0.2) is 0 Å². The number of fused-ring (bicyclic) bond motifs is 3. The summed E-state index contributed by atoms with van der Waals surface area (Å²) in [4.78, 5) is 2.64. The molecule has 2 aliphatic rings. The third-order valence-corrected chi connectivity index (χ3v) is 5.79. The molecule has 2 atom stereocenters. The highest BCUT2D eigenvalue weighted by atomic mass is 32.1. The highest BCUT2D eigenvalue weighted by Gasteiger charge is 2.40. The van der Waals surface area contributed by atoms with Gasteiger partial charge in [-0.05, 0) is 48.1 Å². The first-order chi connectivity index (χ1) is 9.31. The number of benzene rings is 1. The predicted octanol–water partition coefficient (Wildman–Crippen LogP) is 3.39. The third kappa shape index (κ3) is 2.00. The van der Waals surface area contributed by atoms with Gasteiger partial charge in [-0.3, -0.25) is 4.90 Å². The standard InChI is InChI=1S/C16H19NOS/c18-14-7-12-5-6-13(8-14)17(12)9-11-10-19-16-4-2-1-3-15(11)16/h1-4,10,12-14,18H,5-9H2. The van der Waals surface area contributed by atoms with Gasteiger partial charge in [0.05, 0.1) is 6.10 Å². The van der Waals surface area contributed by atoms with E-state index in [4.69, 9.17) is 0 Å². The molecule has 2 aromatic rings. The fraction of sp³-hybridized carbons (Fsp3) is 0.500. The maximum atomic E-state index is 9.88. The predicted molar refractivity (Wildman–Crippen MR) is 79.4 cm³/mol. The molecule has 1 aromatic heterocycles. The smallest absolute Gasteiger partial charge is 0.0570 e. The second kappa shape index (κ2) is 4.58. The molecule has 2 saturated heterocycles. The minimum Gasteiger partial charge on any atom is -0.393 e. The van der Waals surface area contributed by atoms with Gasteiger partial charge in [-0.1, -0.05) is 18.2 Å². The number of hydrogen-bond acceptors (Lipinski definition) is 3. The lowest BCUT2D eigenvalue weighted by atomic mass is 9.99. The summed E-state index contributed by atoms with van der Waals surface area (Å²) in [5.41, 5.74) is 1.47. The van der Waals surface area contributed by atoms with E-state index in [1.165, 1.54) is 28.5 Å². The summed E-state index contributed by atoms with van der Waals surface area (Å²) in [5, 5.41) is 13.6. The van der Waals surface area contributed by atoms with Crippen LogP contribution in [0, 0.1) is 0 Å². The Morgan fingerprint density at radius 3 is 2.68 bits per heavy atom. The zero-order valence-electron chi connectivity index (χ0n) is 11.0. The van der Waals surface area contributed by atoms with Crippen LogP contribution in [-0.4, -0.2) is 28.2 Å². The maximum Gasteiger partial charge on any atom is 0.0570 e. The molecule has 0 aliphatic carbocycles. The van der Waals surface area contributed by atoms with E-state index in [-0.39, 0.29) is 6.10 Å². The number of rotatable bonds is 2. The van der Waals surface area contributed by atoms with Crippen molar-refractivity contribution in [2.75, 3.05) is 0 Å². The minimum absolute atomic E-state index is 0.0621. The number of piperidine rings is 1. The van der Waals surface area contributed by atoms with Crippen LogP contribution in [0.4, 0.5) is 0 Å². The van der Waals surface area contributed by atoms with E-state index < -0.39 is 0 Å². The van der Waals surface area contributed by atoms with Crippen molar-refractivity contribution in [1.82, 2.24) is 4.90 Å². The van der Waals surface area contributed by atoms with Crippen molar-refractivity contribution in [3.8, 4) is 0 Å². The highest BCUT2D eigenvalue weighted by Crippen LogP contribution is 2.38. The molecule has 1 N–H and O–H groups in total. The van der Waals surface area contributed by atoms with Crippen LogP contribution in [0.5, 0.6) is 0 Å². The quantitative estimate of drug-likeness (QED) is 0.906. The van der Waals surface area contributed by atoms with E-state index in [1.807, 2.05) is 11.3 Å². The van der Waals surface area contributed by atoms with Crippen LogP contribution in [0.2, 0.25) is 0 Å². The molecule has 1 aromatic carbocycles. The van der Waals surface area contributed by atoms with Crippen molar-refractivity contribution in [1.29, 1.82) is 0 Å². The van der Waals surface area contributed by atoms with Crippen LogP contribution in [-0.2, 0) is 6.54 Å².